The lowest BCUT2D eigenvalue weighted by molar-refractivity contribution is 0.112. The van der Waals surface area contributed by atoms with Gasteiger partial charge in [0.15, 0.2) is 12.1 Å². The van der Waals surface area contributed by atoms with Gasteiger partial charge >= 0.3 is 0 Å². The molecule has 1 rings (SSSR count). The van der Waals surface area contributed by atoms with Gasteiger partial charge in [0, 0.05) is 5.75 Å². The van der Waals surface area contributed by atoms with E-state index in [2.05, 4.69) is 4.72 Å². The summed E-state index contributed by atoms with van der Waals surface area (Å²) in [5.41, 5.74) is 0.458. The number of aldehydes is 1. The Bertz CT molecular complexity index is 317. The number of hydrogen-bond acceptors (Lipinski definition) is 3. The second-order valence-corrected chi connectivity index (χ2v) is 3.68. The summed E-state index contributed by atoms with van der Waals surface area (Å²) in [6.07, 6.45) is 1.54. The molecule has 14 heavy (non-hydrogen) atoms. The molecular formula is C10H12FNOS. The molecule has 76 valence electrons. The molecule has 0 aromatic heterocycles. The van der Waals surface area contributed by atoms with E-state index >= 15 is 0 Å². The molecule has 1 aromatic carbocycles. The highest BCUT2D eigenvalue weighted by Gasteiger charge is 2.05. The topological polar surface area (TPSA) is 29.1 Å². The van der Waals surface area contributed by atoms with E-state index in [9.17, 15) is 9.18 Å². The summed E-state index contributed by atoms with van der Waals surface area (Å²) < 4.78 is 16.3. The summed E-state index contributed by atoms with van der Waals surface area (Å²) in [5, 5.41) is 0. The maximum atomic E-state index is 13.4. The molecule has 4 heteroatoms. The van der Waals surface area contributed by atoms with Crippen molar-refractivity contribution in [3.05, 3.63) is 29.6 Å². The van der Waals surface area contributed by atoms with E-state index in [0.717, 1.165) is 12.2 Å². The molecule has 1 N–H and O–H groups in total. The highest BCUT2D eigenvalue weighted by molar-refractivity contribution is 8.00. The number of benzene rings is 1. The van der Waals surface area contributed by atoms with Crippen LogP contribution in [-0.2, 0) is 0 Å². The van der Waals surface area contributed by atoms with Gasteiger partial charge in [-0.2, -0.15) is 0 Å². The van der Waals surface area contributed by atoms with Crippen LogP contribution in [-0.4, -0.2) is 12.0 Å². The Morgan fingerprint density at radius 2 is 2.36 bits per heavy atom. The minimum Gasteiger partial charge on any atom is -0.327 e. The Balaban J connectivity index is 2.71. The predicted molar refractivity (Wildman–Crippen MR) is 58.2 cm³/mol. The molecule has 0 atom stereocenters. The SMILES string of the molecule is CCCSNc1cccc(C=O)c1F. The van der Waals surface area contributed by atoms with Gasteiger partial charge in [-0.05, 0) is 18.6 Å². The number of nitrogens with one attached hydrogen (secondary N) is 1. The molecule has 0 aliphatic heterocycles. The average Bonchev–Trinajstić information content (AvgIpc) is 2.21. The molecule has 1 aromatic rings. The van der Waals surface area contributed by atoms with Gasteiger partial charge in [0.1, 0.15) is 0 Å². The molecule has 0 aliphatic carbocycles. The first-order valence-electron chi connectivity index (χ1n) is 4.41. The van der Waals surface area contributed by atoms with Gasteiger partial charge in [-0.15, -0.1) is 0 Å². The van der Waals surface area contributed by atoms with Gasteiger partial charge in [0.25, 0.3) is 0 Å². The van der Waals surface area contributed by atoms with Gasteiger partial charge in [-0.1, -0.05) is 24.9 Å². The van der Waals surface area contributed by atoms with Crippen molar-refractivity contribution >= 4 is 23.9 Å². The van der Waals surface area contributed by atoms with E-state index in [-0.39, 0.29) is 5.56 Å². The van der Waals surface area contributed by atoms with Crippen LogP contribution in [0.25, 0.3) is 0 Å². The zero-order chi connectivity index (χ0) is 10.4. The lowest BCUT2D eigenvalue weighted by Gasteiger charge is -2.06. The summed E-state index contributed by atoms with van der Waals surface area (Å²) >= 11 is 1.43. The van der Waals surface area contributed by atoms with Crippen LogP contribution in [0.15, 0.2) is 18.2 Å². The first-order chi connectivity index (χ1) is 6.79. The molecule has 0 spiro atoms. The van der Waals surface area contributed by atoms with Gasteiger partial charge in [0.2, 0.25) is 0 Å². The quantitative estimate of drug-likeness (QED) is 0.463. The van der Waals surface area contributed by atoms with Crippen molar-refractivity contribution in [3.63, 3.8) is 0 Å². The Hall–Kier alpha value is -1.03. The van der Waals surface area contributed by atoms with E-state index in [1.165, 1.54) is 18.0 Å². The Kier molecular flexibility index (Phi) is 4.46. The summed E-state index contributed by atoms with van der Waals surface area (Å²) in [6.45, 7) is 2.05. The average molecular weight is 213 g/mol. The molecule has 0 radical (unpaired) electrons. The Morgan fingerprint density at radius 1 is 1.57 bits per heavy atom. The fourth-order valence-electron chi connectivity index (χ4n) is 0.951. The highest BCUT2D eigenvalue weighted by Crippen LogP contribution is 2.19. The highest BCUT2D eigenvalue weighted by atomic mass is 32.2. The van der Waals surface area contributed by atoms with Crippen molar-refractivity contribution in [2.75, 3.05) is 10.5 Å². The van der Waals surface area contributed by atoms with Crippen molar-refractivity contribution < 1.29 is 9.18 Å². The summed E-state index contributed by atoms with van der Waals surface area (Å²) in [7, 11) is 0. The van der Waals surface area contributed by atoms with E-state index in [0.29, 0.717) is 12.0 Å². The lowest BCUT2D eigenvalue weighted by Crippen LogP contribution is -1.95. The van der Waals surface area contributed by atoms with Gasteiger partial charge < -0.3 is 4.72 Å². The molecule has 0 amide bonds. The van der Waals surface area contributed by atoms with Crippen LogP contribution >= 0.6 is 11.9 Å². The maximum Gasteiger partial charge on any atom is 0.157 e. The number of halogens is 1. The number of hydrogen-bond donors (Lipinski definition) is 1. The van der Waals surface area contributed by atoms with E-state index in [4.69, 9.17) is 0 Å². The molecule has 0 fully saturated rings. The van der Waals surface area contributed by atoms with Gasteiger partial charge in [-0.3, -0.25) is 4.79 Å². The minimum absolute atomic E-state index is 0.0899. The van der Waals surface area contributed by atoms with Crippen molar-refractivity contribution in [1.82, 2.24) is 0 Å². The van der Waals surface area contributed by atoms with Crippen LogP contribution in [0, 0.1) is 5.82 Å². The molecule has 0 heterocycles. The molecular weight excluding hydrogens is 201 g/mol. The van der Waals surface area contributed by atoms with Crippen molar-refractivity contribution in [2.45, 2.75) is 13.3 Å². The summed E-state index contributed by atoms with van der Waals surface area (Å²) in [5.74, 6) is 0.427. The first-order valence-corrected chi connectivity index (χ1v) is 5.39. The van der Waals surface area contributed by atoms with Crippen LogP contribution in [0.2, 0.25) is 0 Å². The molecule has 0 saturated carbocycles. The zero-order valence-corrected chi connectivity index (χ0v) is 8.73. The van der Waals surface area contributed by atoms with Crippen molar-refractivity contribution in [3.8, 4) is 0 Å². The van der Waals surface area contributed by atoms with Crippen molar-refractivity contribution in [1.29, 1.82) is 0 Å². The fraction of sp³-hybridized carbons (Fsp3) is 0.300. The standard InChI is InChI=1S/C10H12FNOS/c1-2-6-14-12-9-5-3-4-8(7-13)10(9)11/h3-5,7,12H,2,6H2,1H3. The maximum absolute atomic E-state index is 13.4. The predicted octanol–water partition coefficient (Wildman–Crippen LogP) is 3.11. The first kappa shape index (κ1) is 11.0. The largest absolute Gasteiger partial charge is 0.327 e. The molecule has 0 bridgehead atoms. The zero-order valence-electron chi connectivity index (χ0n) is 7.92. The van der Waals surface area contributed by atoms with Crippen molar-refractivity contribution in [2.24, 2.45) is 0 Å². The minimum atomic E-state index is -0.480. The van der Waals surface area contributed by atoms with Gasteiger partial charge in [0.05, 0.1) is 11.3 Å². The number of carbonyl (C=O) groups is 1. The summed E-state index contributed by atoms with van der Waals surface area (Å²) in [4.78, 5) is 10.4. The monoisotopic (exact) mass is 213 g/mol. The molecule has 0 saturated heterocycles. The number of carbonyl (C=O) groups excluding carboxylic acids is 1. The Labute approximate surface area is 87.0 Å². The normalized spacial score (nSPS) is 9.86. The van der Waals surface area contributed by atoms with E-state index < -0.39 is 5.82 Å². The summed E-state index contributed by atoms with van der Waals surface area (Å²) in [6, 6.07) is 4.73. The third-order valence-corrected chi connectivity index (χ3v) is 2.62. The van der Waals surface area contributed by atoms with Crippen LogP contribution in [0.3, 0.4) is 0 Å². The van der Waals surface area contributed by atoms with Crippen LogP contribution in [0.4, 0.5) is 10.1 Å². The smallest absolute Gasteiger partial charge is 0.157 e. The molecule has 0 unspecified atom stereocenters. The molecule has 2 nitrogen and oxygen atoms in total. The lowest BCUT2D eigenvalue weighted by atomic mass is 10.2. The van der Waals surface area contributed by atoms with Gasteiger partial charge in [-0.25, -0.2) is 4.39 Å². The molecule has 0 aliphatic rings. The van der Waals surface area contributed by atoms with Crippen LogP contribution in [0.1, 0.15) is 23.7 Å². The van der Waals surface area contributed by atoms with Crippen LogP contribution in [0.5, 0.6) is 0 Å². The van der Waals surface area contributed by atoms with E-state index in [1.807, 2.05) is 6.92 Å². The third kappa shape index (κ3) is 2.73. The number of anilines is 1. The fourth-order valence-corrected chi connectivity index (χ4v) is 1.57. The van der Waals surface area contributed by atoms with E-state index in [1.54, 1.807) is 12.1 Å². The Morgan fingerprint density at radius 3 is 3.00 bits per heavy atom. The second kappa shape index (κ2) is 5.65. The second-order valence-electron chi connectivity index (χ2n) is 2.78. The third-order valence-electron chi connectivity index (χ3n) is 1.64. The van der Waals surface area contributed by atoms with Crippen LogP contribution < -0.4 is 4.72 Å². The number of rotatable bonds is 5.